The summed E-state index contributed by atoms with van der Waals surface area (Å²) in [5.41, 5.74) is -0.121. The summed E-state index contributed by atoms with van der Waals surface area (Å²) < 4.78 is 26.1. The van der Waals surface area contributed by atoms with Gasteiger partial charge in [0, 0.05) is 19.5 Å². The predicted octanol–water partition coefficient (Wildman–Crippen LogP) is 1.51. The van der Waals surface area contributed by atoms with Crippen LogP contribution in [0.5, 0.6) is 0 Å². The Morgan fingerprint density at radius 3 is 2.85 bits per heavy atom. The van der Waals surface area contributed by atoms with Gasteiger partial charge < -0.3 is 10.6 Å². The summed E-state index contributed by atoms with van der Waals surface area (Å²) in [5.74, 6) is -2.43. The predicted molar refractivity (Wildman–Crippen MR) is 72.5 cm³/mol. The number of hydrogen-bond acceptors (Lipinski definition) is 4. The highest BCUT2D eigenvalue weighted by atomic mass is 32.2. The van der Waals surface area contributed by atoms with E-state index in [0.29, 0.717) is 11.2 Å². The number of aliphatic imine (C=N–C) groups is 1. The van der Waals surface area contributed by atoms with Gasteiger partial charge in [-0.15, -0.1) is 0 Å². The van der Waals surface area contributed by atoms with E-state index in [-0.39, 0.29) is 18.0 Å². The van der Waals surface area contributed by atoms with Crippen LogP contribution in [0.15, 0.2) is 23.2 Å². The van der Waals surface area contributed by atoms with E-state index in [0.717, 1.165) is 23.9 Å². The normalized spacial score (nSPS) is 20.1. The lowest BCUT2D eigenvalue weighted by atomic mass is 10.2. The molecule has 1 aliphatic rings. The number of halogens is 2. The van der Waals surface area contributed by atoms with Crippen LogP contribution in [0.3, 0.4) is 0 Å². The zero-order chi connectivity index (χ0) is 14.7. The van der Waals surface area contributed by atoms with Gasteiger partial charge in [-0.1, -0.05) is 11.8 Å². The maximum absolute atomic E-state index is 13.4. The minimum atomic E-state index is -0.863. The van der Waals surface area contributed by atoms with E-state index >= 15 is 0 Å². The van der Waals surface area contributed by atoms with E-state index in [9.17, 15) is 18.4 Å². The molecule has 1 aromatic rings. The molecular weight excluding hydrogens is 288 g/mol. The molecule has 2 N–H and O–H groups in total. The van der Waals surface area contributed by atoms with Gasteiger partial charge in [-0.3, -0.25) is 14.6 Å². The zero-order valence-electron chi connectivity index (χ0n) is 10.4. The van der Waals surface area contributed by atoms with Crippen LogP contribution < -0.4 is 10.6 Å². The number of benzene rings is 1. The standard InChI is InChI=1S/C12H11F2N3O2S/c1-15-12-17-11(19)9(20-12)5-10(18)16-8-3-2-6(13)4-7(8)14/h2-4,9H,5H2,1H3,(H,16,18)(H,15,17,19)/t9-/m1/s1. The lowest BCUT2D eigenvalue weighted by Gasteiger charge is -2.08. The number of nitrogens with one attached hydrogen (secondary N) is 2. The molecule has 0 bridgehead atoms. The van der Waals surface area contributed by atoms with Gasteiger partial charge in [-0.25, -0.2) is 8.78 Å². The van der Waals surface area contributed by atoms with Gasteiger partial charge in [-0.2, -0.15) is 0 Å². The van der Waals surface area contributed by atoms with Crippen LogP contribution in [0.1, 0.15) is 6.42 Å². The Morgan fingerprint density at radius 2 is 2.25 bits per heavy atom. The van der Waals surface area contributed by atoms with E-state index in [1.165, 1.54) is 7.05 Å². The fourth-order valence-electron chi connectivity index (χ4n) is 1.61. The van der Waals surface area contributed by atoms with Gasteiger partial charge in [0.1, 0.15) is 16.9 Å². The highest BCUT2D eigenvalue weighted by Crippen LogP contribution is 2.23. The van der Waals surface area contributed by atoms with Gasteiger partial charge in [0.15, 0.2) is 5.17 Å². The van der Waals surface area contributed by atoms with Crippen molar-refractivity contribution in [1.29, 1.82) is 0 Å². The van der Waals surface area contributed by atoms with E-state index in [1.807, 2.05) is 0 Å². The first-order valence-corrected chi connectivity index (χ1v) is 6.57. The Hall–Kier alpha value is -1.96. The SMILES string of the molecule is CN=C1NC(=O)[C@@H](CC(=O)Nc2ccc(F)cc2F)S1. The zero-order valence-corrected chi connectivity index (χ0v) is 11.3. The van der Waals surface area contributed by atoms with Crippen molar-refractivity contribution in [3.63, 3.8) is 0 Å². The molecule has 0 unspecified atom stereocenters. The maximum Gasteiger partial charge on any atom is 0.240 e. The average molecular weight is 299 g/mol. The van der Waals surface area contributed by atoms with Crippen LogP contribution in [-0.2, 0) is 9.59 Å². The molecule has 0 radical (unpaired) electrons. The van der Waals surface area contributed by atoms with E-state index in [1.54, 1.807) is 0 Å². The minimum Gasteiger partial charge on any atom is -0.324 e. The molecule has 1 aliphatic heterocycles. The molecule has 0 saturated carbocycles. The number of hydrogen-bond donors (Lipinski definition) is 2. The summed E-state index contributed by atoms with van der Waals surface area (Å²) >= 11 is 1.14. The quantitative estimate of drug-likeness (QED) is 0.889. The monoisotopic (exact) mass is 299 g/mol. The molecular formula is C12H11F2N3O2S. The lowest BCUT2D eigenvalue weighted by molar-refractivity contribution is -0.122. The molecule has 5 nitrogen and oxygen atoms in total. The number of carbonyl (C=O) groups excluding carboxylic acids is 2. The summed E-state index contributed by atoms with van der Waals surface area (Å²) in [6.07, 6.45) is -0.119. The van der Waals surface area contributed by atoms with Gasteiger partial charge in [0.2, 0.25) is 11.8 Å². The molecule has 8 heteroatoms. The second-order valence-electron chi connectivity index (χ2n) is 4.00. The van der Waals surface area contributed by atoms with Crippen molar-refractivity contribution in [3.8, 4) is 0 Å². The third-order valence-electron chi connectivity index (χ3n) is 2.56. The van der Waals surface area contributed by atoms with Crippen molar-refractivity contribution >= 4 is 34.4 Å². The van der Waals surface area contributed by atoms with Crippen LogP contribution in [0.25, 0.3) is 0 Å². The molecule has 1 fully saturated rings. The molecule has 106 valence electrons. The number of thioether (sulfide) groups is 1. The van der Waals surface area contributed by atoms with Crippen LogP contribution in [0, 0.1) is 11.6 Å². The number of amidine groups is 1. The first-order chi connectivity index (χ1) is 9.49. The van der Waals surface area contributed by atoms with Crippen molar-refractivity contribution < 1.29 is 18.4 Å². The van der Waals surface area contributed by atoms with Gasteiger partial charge >= 0.3 is 0 Å². The highest BCUT2D eigenvalue weighted by Gasteiger charge is 2.31. The van der Waals surface area contributed by atoms with Gasteiger partial charge in [0.05, 0.1) is 5.69 Å². The Labute approximate surface area is 117 Å². The fraction of sp³-hybridized carbons (Fsp3) is 0.250. The second-order valence-corrected chi connectivity index (χ2v) is 5.19. The molecule has 2 amide bonds. The first kappa shape index (κ1) is 14.4. The fourth-order valence-corrected chi connectivity index (χ4v) is 2.54. The van der Waals surface area contributed by atoms with Crippen molar-refractivity contribution in [2.24, 2.45) is 4.99 Å². The van der Waals surface area contributed by atoms with Crippen molar-refractivity contribution in [2.45, 2.75) is 11.7 Å². The van der Waals surface area contributed by atoms with E-state index in [4.69, 9.17) is 0 Å². The summed E-state index contributed by atoms with van der Waals surface area (Å²) in [5, 5.41) is 4.66. The molecule has 0 spiro atoms. The van der Waals surface area contributed by atoms with Gasteiger partial charge in [-0.05, 0) is 12.1 Å². The highest BCUT2D eigenvalue weighted by molar-refractivity contribution is 8.15. The second kappa shape index (κ2) is 6.00. The van der Waals surface area contributed by atoms with Crippen LogP contribution >= 0.6 is 11.8 Å². The van der Waals surface area contributed by atoms with Crippen molar-refractivity contribution in [1.82, 2.24) is 5.32 Å². The Morgan fingerprint density at radius 1 is 1.50 bits per heavy atom. The molecule has 1 heterocycles. The van der Waals surface area contributed by atoms with Crippen LogP contribution in [0.2, 0.25) is 0 Å². The maximum atomic E-state index is 13.4. The Balaban J connectivity index is 1.98. The smallest absolute Gasteiger partial charge is 0.240 e. The number of rotatable bonds is 3. The molecule has 20 heavy (non-hydrogen) atoms. The van der Waals surface area contributed by atoms with Gasteiger partial charge in [0.25, 0.3) is 0 Å². The van der Waals surface area contributed by atoms with E-state index < -0.39 is 22.8 Å². The number of carbonyl (C=O) groups is 2. The Kier molecular flexibility index (Phi) is 4.33. The van der Waals surface area contributed by atoms with E-state index in [2.05, 4.69) is 15.6 Å². The van der Waals surface area contributed by atoms with Crippen LogP contribution in [0.4, 0.5) is 14.5 Å². The molecule has 1 aromatic carbocycles. The van der Waals surface area contributed by atoms with Crippen molar-refractivity contribution in [3.05, 3.63) is 29.8 Å². The van der Waals surface area contributed by atoms with Crippen molar-refractivity contribution in [2.75, 3.05) is 12.4 Å². The largest absolute Gasteiger partial charge is 0.324 e. The third kappa shape index (κ3) is 3.32. The number of anilines is 1. The molecule has 2 rings (SSSR count). The first-order valence-electron chi connectivity index (χ1n) is 5.69. The summed E-state index contributed by atoms with van der Waals surface area (Å²) in [7, 11) is 1.53. The molecule has 1 saturated heterocycles. The topological polar surface area (TPSA) is 70.6 Å². The number of amides is 2. The number of nitrogens with zero attached hydrogens (tertiary/aromatic N) is 1. The summed E-state index contributed by atoms with van der Waals surface area (Å²) in [4.78, 5) is 27.1. The molecule has 0 aliphatic carbocycles. The molecule has 1 atom stereocenters. The summed E-state index contributed by atoms with van der Waals surface area (Å²) in [6, 6.07) is 2.84. The molecule has 0 aromatic heterocycles. The third-order valence-corrected chi connectivity index (χ3v) is 3.73. The lowest BCUT2D eigenvalue weighted by Crippen LogP contribution is -2.28. The minimum absolute atomic E-state index is 0.119. The Bertz CT molecular complexity index is 592. The summed E-state index contributed by atoms with van der Waals surface area (Å²) in [6.45, 7) is 0. The average Bonchev–Trinajstić information content (AvgIpc) is 2.74. The van der Waals surface area contributed by atoms with Crippen LogP contribution in [-0.4, -0.2) is 29.3 Å².